The quantitative estimate of drug-likeness (QED) is 0.603. The summed E-state index contributed by atoms with van der Waals surface area (Å²) in [6.45, 7) is 3.08. The molecule has 2 atom stereocenters. The smallest absolute Gasteiger partial charge is 0.253 e. The van der Waals surface area contributed by atoms with Gasteiger partial charge >= 0.3 is 0 Å². The maximum absolute atomic E-state index is 12.9. The molecule has 2 unspecified atom stereocenters. The van der Waals surface area contributed by atoms with Crippen LogP contribution in [0.25, 0.3) is 0 Å². The number of alkyl halides is 3. The summed E-state index contributed by atoms with van der Waals surface area (Å²) >= 11 is 12.3. The van der Waals surface area contributed by atoms with Crippen LogP contribution in [0.5, 0.6) is 0 Å². The maximum Gasteiger partial charge on any atom is 0.253 e. The van der Waals surface area contributed by atoms with Gasteiger partial charge in [0.15, 0.2) is 4.84 Å². The van der Waals surface area contributed by atoms with Gasteiger partial charge in [-0.2, -0.15) is 0 Å². The number of amides is 1. The Bertz CT molecular complexity index is 418. The molecule has 21 heavy (non-hydrogen) atoms. The first-order valence-electron chi connectivity index (χ1n) is 6.46. The van der Waals surface area contributed by atoms with Gasteiger partial charge in [0.2, 0.25) is 0 Å². The third kappa shape index (κ3) is 6.87. The van der Waals surface area contributed by atoms with Gasteiger partial charge in [-0.05, 0) is 24.0 Å². The number of hydrogen-bond acceptors (Lipinski definition) is 3. The standard InChI is InChI=1S/C12H14Cl2FNO2S.C2H6/c1-19-8-4-2-7(3-5-8)10(17)9(6-15)16-12(18)11(13)14;1-2/h2-5,9-11,17H,6H2,1H3,(H,16,18);1-2H3. The minimum atomic E-state index is -1.29. The Labute approximate surface area is 139 Å². The van der Waals surface area contributed by atoms with Crippen LogP contribution in [0.3, 0.4) is 0 Å². The van der Waals surface area contributed by atoms with E-state index in [1.807, 2.05) is 32.2 Å². The van der Waals surface area contributed by atoms with Crippen LogP contribution < -0.4 is 5.32 Å². The lowest BCUT2D eigenvalue weighted by molar-refractivity contribution is -0.121. The van der Waals surface area contributed by atoms with Crippen molar-refractivity contribution in [2.75, 3.05) is 12.9 Å². The summed E-state index contributed by atoms with van der Waals surface area (Å²) in [6, 6.07) is 5.92. The summed E-state index contributed by atoms with van der Waals surface area (Å²) in [5, 5.41) is 12.3. The number of aliphatic hydroxyl groups excluding tert-OH is 1. The minimum Gasteiger partial charge on any atom is -0.386 e. The van der Waals surface area contributed by atoms with Crippen molar-refractivity contribution in [1.82, 2.24) is 5.32 Å². The van der Waals surface area contributed by atoms with Crippen LogP contribution in [0.4, 0.5) is 4.39 Å². The molecule has 120 valence electrons. The van der Waals surface area contributed by atoms with Crippen LogP contribution in [-0.4, -0.2) is 34.8 Å². The van der Waals surface area contributed by atoms with Crippen molar-refractivity contribution in [2.24, 2.45) is 0 Å². The zero-order valence-corrected chi connectivity index (χ0v) is 14.5. The number of halogens is 3. The summed E-state index contributed by atoms with van der Waals surface area (Å²) in [4.78, 5) is 11.0. The lowest BCUT2D eigenvalue weighted by Gasteiger charge is -2.22. The van der Waals surface area contributed by atoms with Gasteiger partial charge in [0.1, 0.15) is 12.8 Å². The van der Waals surface area contributed by atoms with Gasteiger partial charge in [0.05, 0.1) is 6.04 Å². The first-order valence-corrected chi connectivity index (χ1v) is 8.55. The number of rotatable bonds is 6. The number of hydrogen-bond donors (Lipinski definition) is 2. The number of carbonyl (C=O) groups is 1. The summed E-state index contributed by atoms with van der Waals surface area (Å²) in [5.74, 6) is -0.731. The molecule has 1 amide bonds. The van der Waals surface area contributed by atoms with Crippen LogP contribution in [0.1, 0.15) is 25.5 Å². The lowest BCUT2D eigenvalue weighted by atomic mass is 10.0. The summed E-state index contributed by atoms with van der Waals surface area (Å²) in [5.41, 5.74) is 0.515. The molecule has 0 aliphatic heterocycles. The molecule has 0 radical (unpaired) electrons. The first-order chi connectivity index (χ1) is 9.99. The maximum atomic E-state index is 12.9. The highest BCUT2D eigenvalue weighted by Gasteiger charge is 2.24. The van der Waals surface area contributed by atoms with E-state index in [1.165, 1.54) is 0 Å². The van der Waals surface area contributed by atoms with E-state index in [0.29, 0.717) is 5.56 Å². The van der Waals surface area contributed by atoms with E-state index in [-0.39, 0.29) is 0 Å². The average Bonchev–Trinajstić information content (AvgIpc) is 2.53. The fraction of sp³-hybridized carbons (Fsp3) is 0.500. The number of nitrogens with one attached hydrogen (secondary N) is 1. The summed E-state index contributed by atoms with van der Waals surface area (Å²) in [6.07, 6.45) is 0.772. The molecule has 3 nitrogen and oxygen atoms in total. The third-order valence-corrected chi connectivity index (χ3v) is 3.67. The Balaban J connectivity index is 0.00000191. The van der Waals surface area contributed by atoms with Crippen molar-refractivity contribution >= 4 is 40.9 Å². The number of carbonyl (C=O) groups excluding carboxylic acids is 1. The lowest BCUT2D eigenvalue weighted by Crippen LogP contribution is -2.43. The zero-order chi connectivity index (χ0) is 16.4. The van der Waals surface area contributed by atoms with Gasteiger partial charge in [-0.25, -0.2) is 4.39 Å². The zero-order valence-electron chi connectivity index (χ0n) is 12.1. The molecule has 0 fully saturated rings. The molecule has 1 aromatic rings. The van der Waals surface area contributed by atoms with Gasteiger partial charge < -0.3 is 10.4 Å². The van der Waals surface area contributed by atoms with Crippen molar-refractivity contribution < 1.29 is 14.3 Å². The number of benzene rings is 1. The van der Waals surface area contributed by atoms with E-state index in [4.69, 9.17) is 23.2 Å². The highest BCUT2D eigenvalue weighted by molar-refractivity contribution is 7.98. The molecule has 0 saturated carbocycles. The fourth-order valence-corrected chi connectivity index (χ4v) is 2.02. The Kier molecular flexibility index (Phi) is 10.9. The molecule has 0 saturated heterocycles. The first kappa shape index (κ1) is 20.5. The van der Waals surface area contributed by atoms with Crippen molar-refractivity contribution in [2.45, 2.75) is 35.7 Å². The topological polar surface area (TPSA) is 49.3 Å². The van der Waals surface area contributed by atoms with Gasteiger partial charge in [-0.1, -0.05) is 49.2 Å². The molecular weight excluding hydrogens is 336 g/mol. The average molecular weight is 356 g/mol. The highest BCUT2D eigenvalue weighted by atomic mass is 35.5. The normalized spacial score (nSPS) is 13.1. The predicted octanol–water partition coefficient (Wildman–Crippen LogP) is 3.73. The van der Waals surface area contributed by atoms with E-state index < -0.39 is 29.6 Å². The van der Waals surface area contributed by atoms with E-state index >= 15 is 0 Å². The van der Waals surface area contributed by atoms with Crippen LogP contribution in [0.2, 0.25) is 0 Å². The van der Waals surface area contributed by atoms with E-state index in [2.05, 4.69) is 5.32 Å². The Morgan fingerprint density at radius 3 is 2.24 bits per heavy atom. The second-order valence-electron chi connectivity index (χ2n) is 3.79. The largest absolute Gasteiger partial charge is 0.386 e. The van der Waals surface area contributed by atoms with Crippen molar-refractivity contribution in [3.63, 3.8) is 0 Å². The SMILES string of the molecule is CC.CSc1ccc(C(O)C(CF)NC(=O)C(Cl)Cl)cc1. The van der Waals surface area contributed by atoms with Gasteiger partial charge in [-0.3, -0.25) is 4.79 Å². The van der Waals surface area contributed by atoms with Crippen LogP contribution in [0, 0.1) is 0 Å². The Morgan fingerprint density at radius 2 is 1.86 bits per heavy atom. The van der Waals surface area contributed by atoms with Gasteiger partial charge in [0, 0.05) is 4.90 Å². The second-order valence-corrected chi connectivity index (χ2v) is 5.76. The molecule has 1 aromatic carbocycles. The fourth-order valence-electron chi connectivity index (χ4n) is 1.48. The van der Waals surface area contributed by atoms with Crippen molar-refractivity contribution in [3.8, 4) is 0 Å². The second kappa shape index (κ2) is 11.1. The molecule has 0 aliphatic carbocycles. The summed E-state index contributed by atoms with van der Waals surface area (Å²) < 4.78 is 12.9. The molecule has 0 spiro atoms. The molecule has 0 aliphatic rings. The molecule has 0 aromatic heterocycles. The van der Waals surface area contributed by atoms with Gasteiger partial charge in [-0.15, -0.1) is 11.8 Å². The van der Waals surface area contributed by atoms with E-state index in [9.17, 15) is 14.3 Å². The van der Waals surface area contributed by atoms with E-state index in [1.54, 1.807) is 23.9 Å². The molecule has 1 rings (SSSR count). The number of aliphatic hydroxyl groups is 1. The molecule has 2 N–H and O–H groups in total. The summed E-state index contributed by atoms with van der Waals surface area (Å²) in [7, 11) is 0. The Hall–Kier alpha value is -0.490. The Morgan fingerprint density at radius 1 is 1.33 bits per heavy atom. The molecule has 0 bridgehead atoms. The molecule has 7 heteroatoms. The minimum absolute atomic E-state index is 0.515. The van der Waals surface area contributed by atoms with E-state index in [0.717, 1.165) is 4.90 Å². The van der Waals surface area contributed by atoms with Crippen LogP contribution in [0.15, 0.2) is 29.2 Å². The van der Waals surface area contributed by atoms with Crippen molar-refractivity contribution in [1.29, 1.82) is 0 Å². The van der Waals surface area contributed by atoms with Crippen molar-refractivity contribution in [3.05, 3.63) is 29.8 Å². The van der Waals surface area contributed by atoms with Gasteiger partial charge in [0.25, 0.3) is 5.91 Å². The molecular formula is C14H20Cl2FNO2S. The monoisotopic (exact) mass is 355 g/mol. The third-order valence-electron chi connectivity index (χ3n) is 2.53. The van der Waals surface area contributed by atoms with Crippen LogP contribution in [-0.2, 0) is 4.79 Å². The number of thioether (sulfide) groups is 1. The predicted molar refractivity (Wildman–Crippen MR) is 87.9 cm³/mol. The van der Waals surface area contributed by atoms with Crippen LogP contribution >= 0.6 is 35.0 Å². The molecule has 0 heterocycles. The highest BCUT2D eigenvalue weighted by Crippen LogP contribution is 2.21.